The Hall–Kier alpha value is -0.470. The molecule has 104 valence electrons. The minimum atomic E-state index is -3.58. The maximum absolute atomic E-state index is 12.3. The second-order valence-electron chi connectivity index (χ2n) is 4.94. The van der Waals surface area contributed by atoms with Crippen LogP contribution in [0.4, 0.5) is 0 Å². The lowest BCUT2D eigenvalue weighted by Gasteiger charge is -2.45. The van der Waals surface area contributed by atoms with Crippen molar-refractivity contribution in [2.75, 3.05) is 6.61 Å². The molecule has 0 amide bonds. The molecule has 0 aromatic heterocycles. The molecular formula is C12H15BrN2O3S. The van der Waals surface area contributed by atoms with Crippen molar-refractivity contribution in [2.24, 2.45) is 11.7 Å². The highest BCUT2D eigenvalue weighted by Gasteiger charge is 2.53. The molecule has 3 rings (SSSR count). The van der Waals surface area contributed by atoms with Crippen LogP contribution in [0.3, 0.4) is 0 Å². The molecular weight excluding hydrogens is 332 g/mol. The smallest absolute Gasteiger partial charge is 0.242 e. The number of nitrogens with two attached hydrogens (primary N) is 1. The van der Waals surface area contributed by atoms with Gasteiger partial charge in [0.1, 0.15) is 0 Å². The predicted octanol–water partition coefficient (Wildman–Crippen LogP) is 0.842. The first-order valence-electron chi connectivity index (χ1n) is 6.15. The highest BCUT2D eigenvalue weighted by atomic mass is 79.9. The maximum Gasteiger partial charge on any atom is 0.242 e. The fourth-order valence-electron chi connectivity index (χ4n) is 2.80. The Morgan fingerprint density at radius 1 is 1.37 bits per heavy atom. The molecule has 2 fully saturated rings. The number of sulfonamides is 1. The van der Waals surface area contributed by atoms with Crippen LogP contribution in [0.15, 0.2) is 33.6 Å². The van der Waals surface area contributed by atoms with E-state index in [2.05, 4.69) is 20.7 Å². The lowest BCUT2D eigenvalue weighted by atomic mass is 9.73. The standard InChI is InChI=1S/C12H15BrN2O3S/c13-8-3-1-2-4-9(8)19(16,17)15-11-10(14)7-5-6-18-12(7)11/h1-4,7,10-12,15H,5-6,14H2. The van der Waals surface area contributed by atoms with E-state index in [0.717, 1.165) is 6.42 Å². The van der Waals surface area contributed by atoms with Crippen LogP contribution in [0.1, 0.15) is 6.42 Å². The van der Waals surface area contributed by atoms with Gasteiger partial charge in [-0.05, 0) is 34.5 Å². The third-order valence-corrected chi connectivity index (χ3v) is 6.34. The molecule has 1 saturated carbocycles. The largest absolute Gasteiger partial charge is 0.376 e. The van der Waals surface area contributed by atoms with E-state index in [1.54, 1.807) is 24.3 Å². The zero-order valence-corrected chi connectivity index (χ0v) is 12.5. The Morgan fingerprint density at radius 2 is 2.11 bits per heavy atom. The minimum absolute atomic E-state index is 0.0766. The zero-order valence-electron chi connectivity index (χ0n) is 10.1. The maximum atomic E-state index is 12.3. The summed E-state index contributed by atoms with van der Waals surface area (Å²) in [7, 11) is -3.58. The van der Waals surface area contributed by atoms with E-state index >= 15 is 0 Å². The van der Waals surface area contributed by atoms with Gasteiger partial charge in [0.25, 0.3) is 0 Å². The molecule has 4 unspecified atom stereocenters. The van der Waals surface area contributed by atoms with Crippen molar-refractivity contribution in [1.82, 2.24) is 4.72 Å². The first kappa shape index (κ1) is 13.5. The predicted molar refractivity (Wildman–Crippen MR) is 74.1 cm³/mol. The molecule has 1 aromatic rings. The molecule has 1 saturated heterocycles. The summed E-state index contributed by atoms with van der Waals surface area (Å²) in [4.78, 5) is 0.226. The number of halogens is 1. The first-order chi connectivity index (χ1) is 9.00. The highest BCUT2D eigenvalue weighted by molar-refractivity contribution is 9.10. The van der Waals surface area contributed by atoms with E-state index in [1.165, 1.54) is 0 Å². The Kier molecular flexibility index (Phi) is 3.43. The summed E-state index contributed by atoms with van der Waals surface area (Å²) in [6.45, 7) is 0.663. The lowest BCUT2D eigenvalue weighted by molar-refractivity contribution is -0.00924. The molecule has 0 radical (unpaired) electrons. The molecule has 0 bridgehead atoms. The molecule has 0 spiro atoms. The minimum Gasteiger partial charge on any atom is -0.376 e. The van der Waals surface area contributed by atoms with Crippen molar-refractivity contribution in [3.8, 4) is 0 Å². The number of nitrogens with one attached hydrogen (secondary N) is 1. The van der Waals surface area contributed by atoms with Gasteiger partial charge < -0.3 is 10.5 Å². The third kappa shape index (κ3) is 2.23. The fraction of sp³-hybridized carbons (Fsp3) is 0.500. The molecule has 5 nitrogen and oxygen atoms in total. The fourth-order valence-corrected chi connectivity index (χ4v) is 5.08. The summed E-state index contributed by atoms with van der Waals surface area (Å²) in [5.41, 5.74) is 6.01. The van der Waals surface area contributed by atoms with Gasteiger partial charge in [0, 0.05) is 23.0 Å². The van der Waals surface area contributed by atoms with Gasteiger partial charge in [-0.15, -0.1) is 0 Å². The average molecular weight is 347 g/mol. The summed E-state index contributed by atoms with van der Waals surface area (Å²) < 4.78 is 33.4. The van der Waals surface area contributed by atoms with Crippen LogP contribution < -0.4 is 10.5 Å². The highest BCUT2D eigenvalue weighted by Crippen LogP contribution is 2.38. The van der Waals surface area contributed by atoms with E-state index in [-0.39, 0.29) is 29.0 Å². The van der Waals surface area contributed by atoms with Gasteiger partial charge >= 0.3 is 0 Å². The average Bonchev–Trinajstić information content (AvgIpc) is 2.81. The first-order valence-corrected chi connectivity index (χ1v) is 8.42. The van der Waals surface area contributed by atoms with Gasteiger partial charge in [0.15, 0.2) is 0 Å². The van der Waals surface area contributed by atoms with Crippen molar-refractivity contribution >= 4 is 26.0 Å². The molecule has 1 aliphatic carbocycles. The van der Waals surface area contributed by atoms with E-state index in [1.807, 2.05) is 0 Å². The molecule has 19 heavy (non-hydrogen) atoms. The summed E-state index contributed by atoms with van der Waals surface area (Å²) in [6, 6.07) is 6.23. The van der Waals surface area contributed by atoms with Gasteiger partial charge in [-0.2, -0.15) is 0 Å². The van der Waals surface area contributed by atoms with Crippen LogP contribution >= 0.6 is 15.9 Å². The molecule has 2 aliphatic rings. The van der Waals surface area contributed by atoms with Gasteiger partial charge in [-0.1, -0.05) is 12.1 Å². The van der Waals surface area contributed by atoms with Crippen LogP contribution in [-0.4, -0.2) is 33.2 Å². The normalized spacial score (nSPS) is 33.8. The Bertz CT molecular complexity index is 592. The molecule has 4 atom stereocenters. The van der Waals surface area contributed by atoms with Crippen LogP contribution in [0, 0.1) is 5.92 Å². The number of hydrogen-bond acceptors (Lipinski definition) is 4. The molecule has 1 aliphatic heterocycles. The number of benzene rings is 1. The monoisotopic (exact) mass is 346 g/mol. The van der Waals surface area contributed by atoms with Crippen molar-refractivity contribution < 1.29 is 13.2 Å². The summed E-state index contributed by atoms with van der Waals surface area (Å²) in [6.07, 6.45) is 0.839. The third-order valence-electron chi connectivity index (χ3n) is 3.86. The van der Waals surface area contributed by atoms with Crippen molar-refractivity contribution in [3.05, 3.63) is 28.7 Å². The van der Waals surface area contributed by atoms with Gasteiger partial charge in [0.05, 0.1) is 17.0 Å². The SMILES string of the molecule is NC1C2CCOC2C1NS(=O)(=O)c1ccccc1Br. The Morgan fingerprint density at radius 3 is 2.84 bits per heavy atom. The summed E-state index contributed by atoms with van der Waals surface area (Å²) in [5.74, 6) is 0.284. The van der Waals surface area contributed by atoms with Crippen LogP contribution in [-0.2, 0) is 14.8 Å². The number of rotatable bonds is 3. The molecule has 3 N–H and O–H groups in total. The van der Waals surface area contributed by atoms with Gasteiger partial charge in [0.2, 0.25) is 10.0 Å². The Labute approximate surface area is 120 Å². The van der Waals surface area contributed by atoms with E-state index in [0.29, 0.717) is 11.1 Å². The lowest BCUT2D eigenvalue weighted by Crippen LogP contribution is -2.68. The topological polar surface area (TPSA) is 81.4 Å². The van der Waals surface area contributed by atoms with Crippen LogP contribution in [0.2, 0.25) is 0 Å². The number of hydrogen-bond donors (Lipinski definition) is 2. The molecule has 7 heteroatoms. The van der Waals surface area contributed by atoms with Crippen molar-refractivity contribution in [2.45, 2.75) is 29.5 Å². The summed E-state index contributed by atoms with van der Waals surface area (Å²) in [5, 5.41) is 0. The van der Waals surface area contributed by atoms with Crippen LogP contribution in [0.25, 0.3) is 0 Å². The van der Waals surface area contributed by atoms with E-state index < -0.39 is 10.0 Å². The zero-order chi connectivity index (χ0) is 13.6. The number of fused-ring (bicyclic) bond motifs is 1. The van der Waals surface area contributed by atoms with Crippen molar-refractivity contribution in [3.63, 3.8) is 0 Å². The van der Waals surface area contributed by atoms with Crippen molar-refractivity contribution in [1.29, 1.82) is 0 Å². The molecule has 1 aromatic carbocycles. The molecule has 1 heterocycles. The van der Waals surface area contributed by atoms with Gasteiger partial charge in [-0.3, -0.25) is 0 Å². The van der Waals surface area contributed by atoms with E-state index in [9.17, 15) is 8.42 Å². The van der Waals surface area contributed by atoms with Gasteiger partial charge in [-0.25, -0.2) is 13.1 Å². The summed E-state index contributed by atoms with van der Waals surface area (Å²) >= 11 is 3.25. The second-order valence-corrected chi connectivity index (χ2v) is 7.48. The second kappa shape index (κ2) is 4.82. The number of ether oxygens (including phenoxy) is 1. The quantitative estimate of drug-likeness (QED) is 0.849. The van der Waals surface area contributed by atoms with Crippen LogP contribution in [0.5, 0.6) is 0 Å². The Balaban J connectivity index is 1.81. The van der Waals surface area contributed by atoms with E-state index in [4.69, 9.17) is 10.5 Å².